The van der Waals surface area contributed by atoms with Gasteiger partial charge in [0.15, 0.2) is 0 Å². The molecule has 0 aromatic carbocycles. The van der Waals surface area contributed by atoms with Crippen LogP contribution in [0.25, 0.3) is 0 Å². The van der Waals surface area contributed by atoms with Crippen molar-refractivity contribution in [1.82, 2.24) is 19.7 Å². The third-order valence-electron chi connectivity index (χ3n) is 2.23. The number of halogens is 3. The van der Waals surface area contributed by atoms with Crippen molar-refractivity contribution in [3.05, 3.63) is 42.2 Å². The van der Waals surface area contributed by atoms with Gasteiger partial charge in [0.25, 0.3) is 0 Å². The van der Waals surface area contributed by atoms with Crippen LogP contribution in [0.5, 0.6) is 0 Å². The average molecular weight is 285 g/mol. The van der Waals surface area contributed by atoms with Gasteiger partial charge in [0.1, 0.15) is 25.0 Å². The Bertz CT molecular complexity index is 594. The highest BCUT2D eigenvalue weighted by atomic mass is 19.4. The number of nitrogens with zero attached hydrogens (tertiary/aromatic N) is 5. The Hall–Kier alpha value is -2.45. The van der Waals surface area contributed by atoms with Crippen LogP contribution in [-0.2, 0) is 11.0 Å². The number of hydrogen-bond acceptors (Lipinski definition) is 5. The molecule has 2 rings (SSSR count). The molecule has 0 amide bonds. The summed E-state index contributed by atoms with van der Waals surface area (Å²) in [7, 11) is 0. The van der Waals surface area contributed by atoms with Crippen LogP contribution >= 0.6 is 0 Å². The minimum Gasteiger partial charge on any atom is -0.394 e. The number of oxime groups is 1. The molecule has 0 aliphatic rings. The molecule has 0 N–H and O–H groups in total. The third-order valence-corrected chi connectivity index (χ3v) is 2.23. The second-order valence-corrected chi connectivity index (χ2v) is 3.60. The summed E-state index contributed by atoms with van der Waals surface area (Å²) in [5.74, 6) is 0.0236. The van der Waals surface area contributed by atoms with E-state index >= 15 is 0 Å². The van der Waals surface area contributed by atoms with E-state index in [4.69, 9.17) is 4.84 Å². The predicted octanol–water partition coefficient (Wildman–Crippen LogP) is 1.94. The zero-order valence-corrected chi connectivity index (χ0v) is 10.4. The van der Waals surface area contributed by atoms with Crippen LogP contribution < -0.4 is 0 Å². The molecule has 0 unspecified atom stereocenters. The van der Waals surface area contributed by atoms with Gasteiger partial charge in [0, 0.05) is 6.20 Å². The second kappa shape index (κ2) is 5.68. The molecule has 2 aromatic rings. The molecule has 106 valence electrons. The highest BCUT2D eigenvalue weighted by molar-refractivity contribution is 5.97. The third kappa shape index (κ3) is 3.11. The molecular formula is C11H10F3N5O. The number of rotatable bonds is 3. The summed E-state index contributed by atoms with van der Waals surface area (Å²) in [6, 6.07) is 1.75. The van der Waals surface area contributed by atoms with Crippen molar-refractivity contribution < 1.29 is 18.0 Å². The number of alkyl halides is 3. The zero-order valence-electron chi connectivity index (χ0n) is 10.4. The Labute approximate surface area is 111 Å². The first-order valence-electron chi connectivity index (χ1n) is 5.61. The van der Waals surface area contributed by atoms with Gasteiger partial charge in [0.05, 0.1) is 5.56 Å². The van der Waals surface area contributed by atoms with E-state index in [1.54, 1.807) is 6.92 Å². The van der Waals surface area contributed by atoms with E-state index in [2.05, 4.69) is 20.2 Å². The van der Waals surface area contributed by atoms with Crippen LogP contribution in [-0.4, -0.2) is 32.2 Å². The summed E-state index contributed by atoms with van der Waals surface area (Å²) in [6.45, 7) is 1.96. The lowest BCUT2D eigenvalue weighted by molar-refractivity contribution is -0.137. The molecule has 0 fully saturated rings. The van der Waals surface area contributed by atoms with Gasteiger partial charge in [-0.05, 0) is 19.1 Å². The molecule has 0 bridgehead atoms. The molecule has 0 aliphatic carbocycles. The van der Waals surface area contributed by atoms with E-state index in [-0.39, 0.29) is 18.1 Å². The molecule has 0 atom stereocenters. The van der Waals surface area contributed by atoms with E-state index in [0.717, 1.165) is 18.3 Å². The van der Waals surface area contributed by atoms with Crippen molar-refractivity contribution in [2.24, 2.45) is 5.16 Å². The van der Waals surface area contributed by atoms with Gasteiger partial charge in [-0.15, -0.1) is 0 Å². The van der Waals surface area contributed by atoms with Crippen molar-refractivity contribution in [3.63, 3.8) is 0 Å². The lowest BCUT2D eigenvalue weighted by Gasteiger charge is -2.09. The molecular weight excluding hydrogens is 275 g/mol. The van der Waals surface area contributed by atoms with Gasteiger partial charge in [-0.1, -0.05) is 5.16 Å². The van der Waals surface area contributed by atoms with E-state index in [9.17, 15) is 13.2 Å². The van der Waals surface area contributed by atoms with Gasteiger partial charge in [-0.3, -0.25) is 4.98 Å². The fourth-order valence-corrected chi connectivity index (χ4v) is 1.38. The summed E-state index contributed by atoms with van der Waals surface area (Å²) in [4.78, 5) is 12.5. The first-order chi connectivity index (χ1) is 9.52. The van der Waals surface area contributed by atoms with Crippen LogP contribution in [0, 0.1) is 0 Å². The number of hydrogen-bond donors (Lipinski definition) is 0. The molecule has 6 nitrogen and oxygen atoms in total. The standard InChI is InChI=1S/C11H10F3N5O/c1-2-20-18-10(19-7-15-6-17-19)9-5-8(3-4-16-9)11(12,13)14/h3-7H,2H2,1H3/b18-10-. The molecule has 2 heterocycles. The lowest BCUT2D eigenvalue weighted by atomic mass is 10.2. The molecule has 0 radical (unpaired) electrons. The van der Waals surface area contributed by atoms with Crippen LogP contribution in [0.3, 0.4) is 0 Å². The van der Waals surface area contributed by atoms with E-state index in [0.29, 0.717) is 0 Å². The van der Waals surface area contributed by atoms with Crippen LogP contribution in [0.4, 0.5) is 13.2 Å². The van der Waals surface area contributed by atoms with Crippen molar-refractivity contribution in [3.8, 4) is 0 Å². The van der Waals surface area contributed by atoms with E-state index in [1.165, 1.54) is 17.3 Å². The molecule has 2 aromatic heterocycles. The van der Waals surface area contributed by atoms with Gasteiger partial charge < -0.3 is 4.84 Å². The lowest BCUT2D eigenvalue weighted by Crippen LogP contribution is -2.18. The molecule has 0 saturated carbocycles. The predicted molar refractivity (Wildman–Crippen MR) is 62.8 cm³/mol. The maximum Gasteiger partial charge on any atom is 0.416 e. The zero-order chi connectivity index (χ0) is 14.6. The fraction of sp³-hybridized carbons (Fsp3) is 0.273. The van der Waals surface area contributed by atoms with Crippen LogP contribution in [0.1, 0.15) is 18.2 Å². The first kappa shape index (κ1) is 14.0. The summed E-state index contributed by atoms with van der Waals surface area (Å²) < 4.78 is 39.3. The maximum absolute atomic E-state index is 12.7. The van der Waals surface area contributed by atoms with Crippen molar-refractivity contribution in [2.45, 2.75) is 13.1 Å². The Kier molecular flexibility index (Phi) is 3.97. The smallest absolute Gasteiger partial charge is 0.394 e. The minimum atomic E-state index is -4.46. The molecule has 0 spiro atoms. The monoisotopic (exact) mass is 285 g/mol. The Morgan fingerprint density at radius 2 is 2.25 bits per heavy atom. The SMILES string of the molecule is CCO/N=C(/c1cc(C(F)(F)F)ccn1)n1cncn1. The minimum absolute atomic E-state index is 0.0150. The molecule has 0 aliphatic heterocycles. The van der Waals surface area contributed by atoms with Gasteiger partial charge >= 0.3 is 6.18 Å². The summed E-state index contributed by atoms with van der Waals surface area (Å²) in [6.07, 6.45) is -0.887. The Morgan fingerprint density at radius 1 is 1.45 bits per heavy atom. The number of pyridine rings is 1. The van der Waals surface area contributed by atoms with Gasteiger partial charge in [-0.2, -0.15) is 23.0 Å². The second-order valence-electron chi connectivity index (χ2n) is 3.60. The normalized spacial score (nSPS) is 12.5. The quantitative estimate of drug-likeness (QED) is 0.491. The van der Waals surface area contributed by atoms with Crippen molar-refractivity contribution in [1.29, 1.82) is 0 Å². The maximum atomic E-state index is 12.7. The molecule has 9 heteroatoms. The Balaban J connectivity index is 2.45. The van der Waals surface area contributed by atoms with Crippen LogP contribution in [0.2, 0.25) is 0 Å². The van der Waals surface area contributed by atoms with Crippen LogP contribution in [0.15, 0.2) is 36.1 Å². The van der Waals surface area contributed by atoms with E-state index < -0.39 is 11.7 Å². The highest BCUT2D eigenvalue weighted by Gasteiger charge is 2.31. The first-order valence-corrected chi connectivity index (χ1v) is 5.61. The highest BCUT2D eigenvalue weighted by Crippen LogP contribution is 2.29. The summed E-state index contributed by atoms with van der Waals surface area (Å²) in [5, 5.41) is 7.54. The van der Waals surface area contributed by atoms with E-state index in [1.807, 2.05) is 0 Å². The summed E-state index contributed by atoms with van der Waals surface area (Å²) >= 11 is 0. The Morgan fingerprint density at radius 3 is 2.85 bits per heavy atom. The van der Waals surface area contributed by atoms with Gasteiger partial charge in [-0.25, -0.2) is 4.98 Å². The molecule has 20 heavy (non-hydrogen) atoms. The fourth-order valence-electron chi connectivity index (χ4n) is 1.38. The molecule has 0 saturated heterocycles. The van der Waals surface area contributed by atoms with Crippen molar-refractivity contribution in [2.75, 3.05) is 6.61 Å². The van der Waals surface area contributed by atoms with Gasteiger partial charge in [0.2, 0.25) is 5.84 Å². The summed E-state index contributed by atoms with van der Waals surface area (Å²) in [5.41, 5.74) is -0.842. The largest absolute Gasteiger partial charge is 0.416 e. The average Bonchev–Trinajstić information content (AvgIpc) is 2.92. The number of aromatic nitrogens is 4. The topological polar surface area (TPSA) is 65.2 Å². The van der Waals surface area contributed by atoms with Crippen molar-refractivity contribution >= 4 is 5.84 Å².